The molecule has 0 bridgehead atoms. The van der Waals surface area contributed by atoms with Gasteiger partial charge in [0.1, 0.15) is 11.6 Å². The van der Waals surface area contributed by atoms with Crippen LogP contribution in [0.25, 0.3) is 5.69 Å². The number of aryl methyl sites for hydroxylation is 1. The molecule has 2 N–H and O–H groups in total. The standard InChI is InChI=1S/C27H34FN5O2/c1-4-8-24-19(2)26(33(31-24)22-9-6-5-7-10-22)30-27(34)29-25-18-32(15-16-35-3)17-23(25)20-11-13-21(28)14-12-20/h5-7,9-14,23,25H,4,8,15-18H2,1-3H3,(H2,29,30,34)/t23-,25+/m0/s1. The molecule has 0 saturated carbocycles. The maximum absolute atomic E-state index is 13.5. The summed E-state index contributed by atoms with van der Waals surface area (Å²) in [6, 6.07) is 16.0. The van der Waals surface area contributed by atoms with Crippen molar-refractivity contribution < 1.29 is 13.9 Å². The highest BCUT2D eigenvalue weighted by molar-refractivity contribution is 5.90. The van der Waals surface area contributed by atoms with Crippen molar-refractivity contribution in [3.63, 3.8) is 0 Å². The molecule has 2 aromatic carbocycles. The van der Waals surface area contributed by atoms with Crippen LogP contribution < -0.4 is 10.6 Å². The number of hydrogen-bond acceptors (Lipinski definition) is 4. The molecule has 1 fully saturated rings. The number of nitrogens with one attached hydrogen (secondary N) is 2. The van der Waals surface area contributed by atoms with Crippen molar-refractivity contribution in [3.8, 4) is 5.69 Å². The van der Waals surface area contributed by atoms with Crippen LogP contribution in [0.4, 0.5) is 15.0 Å². The van der Waals surface area contributed by atoms with Crippen LogP contribution in [0.5, 0.6) is 0 Å². The van der Waals surface area contributed by atoms with Crippen molar-refractivity contribution in [1.82, 2.24) is 20.0 Å². The number of amides is 2. The highest BCUT2D eigenvalue weighted by atomic mass is 19.1. The van der Waals surface area contributed by atoms with E-state index >= 15 is 0 Å². The van der Waals surface area contributed by atoms with E-state index in [0.717, 1.165) is 48.4 Å². The number of benzene rings is 2. The van der Waals surface area contributed by atoms with Gasteiger partial charge in [0.25, 0.3) is 0 Å². The number of ether oxygens (including phenoxy) is 1. The fraction of sp³-hybridized carbons (Fsp3) is 0.407. The van der Waals surface area contributed by atoms with Crippen LogP contribution in [0.1, 0.15) is 36.1 Å². The molecule has 3 aromatic rings. The van der Waals surface area contributed by atoms with Crippen LogP contribution >= 0.6 is 0 Å². The number of aromatic nitrogens is 2. The van der Waals surface area contributed by atoms with Crippen molar-refractivity contribution in [2.24, 2.45) is 0 Å². The van der Waals surface area contributed by atoms with Gasteiger partial charge in [-0.15, -0.1) is 0 Å². The third kappa shape index (κ3) is 5.89. The number of carbonyl (C=O) groups is 1. The molecule has 0 spiro atoms. The molecule has 2 heterocycles. The molecular formula is C27H34FN5O2. The van der Waals surface area contributed by atoms with Crippen LogP contribution in [-0.2, 0) is 11.2 Å². The number of nitrogens with zero attached hydrogens (tertiary/aromatic N) is 3. The van der Waals surface area contributed by atoms with Crippen molar-refractivity contribution >= 4 is 11.8 Å². The zero-order chi connectivity index (χ0) is 24.8. The number of hydrogen-bond donors (Lipinski definition) is 2. The van der Waals surface area contributed by atoms with Crippen molar-refractivity contribution in [1.29, 1.82) is 0 Å². The molecule has 4 rings (SSSR count). The lowest BCUT2D eigenvalue weighted by Gasteiger charge is -2.21. The highest BCUT2D eigenvalue weighted by Crippen LogP contribution is 2.29. The first-order chi connectivity index (χ1) is 17.0. The van der Waals surface area contributed by atoms with E-state index in [4.69, 9.17) is 9.84 Å². The number of urea groups is 1. The smallest absolute Gasteiger partial charge is 0.320 e. The topological polar surface area (TPSA) is 71.4 Å². The number of anilines is 1. The molecule has 1 aliphatic heterocycles. The zero-order valence-electron chi connectivity index (χ0n) is 20.6. The van der Waals surface area contributed by atoms with Gasteiger partial charge in [-0.05, 0) is 43.2 Å². The molecule has 7 nitrogen and oxygen atoms in total. The number of carbonyl (C=O) groups excluding carboxylic acids is 1. The highest BCUT2D eigenvalue weighted by Gasteiger charge is 2.35. The molecule has 35 heavy (non-hydrogen) atoms. The average molecular weight is 480 g/mol. The van der Waals surface area contributed by atoms with E-state index in [1.165, 1.54) is 12.1 Å². The molecule has 1 aromatic heterocycles. The minimum Gasteiger partial charge on any atom is -0.383 e. The summed E-state index contributed by atoms with van der Waals surface area (Å²) in [6.45, 7) is 6.96. The predicted molar refractivity (Wildman–Crippen MR) is 136 cm³/mol. The molecule has 1 aliphatic rings. The Morgan fingerprint density at radius 1 is 1.14 bits per heavy atom. The average Bonchev–Trinajstić information content (AvgIpc) is 3.40. The zero-order valence-corrected chi connectivity index (χ0v) is 20.6. The first kappa shape index (κ1) is 24.9. The van der Waals surface area contributed by atoms with Gasteiger partial charge < -0.3 is 10.1 Å². The van der Waals surface area contributed by atoms with Crippen molar-refractivity contribution in [2.75, 3.05) is 38.7 Å². The van der Waals surface area contributed by atoms with Gasteiger partial charge in [0.15, 0.2) is 0 Å². The number of halogens is 1. The molecule has 2 amide bonds. The van der Waals surface area contributed by atoms with E-state index in [0.29, 0.717) is 19.0 Å². The molecular weight excluding hydrogens is 445 g/mol. The summed E-state index contributed by atoms with van der Waals surface area (Å²) in [5.41, 5.74) is 3.84. The van der Waals surface area contributed by atoms with Gasteiger partial charge in [-0.2, -0.15) is 5.10 Å². The summed E-state index contributed by atoms with van der Waals surface area (Å²) in [7, 11) is 1.68. The Kier molecular flexibility index (Phi) is 8.15. The van der Waals surface area contributed by atoms with Gasteiger partial charge in [0.05, 0.1) is 24.0 Å². The monoisotopic (exact) mass is 479 g/mol. The van der Waals surface area contributed by atoms with Crippen LogP contribution in [0, 0.1) is 12.7 Å². The molecule has 1 saturated heterocycles. The third-order valence-corrected chi connectivity index (χ3v) is 6.56. The number of rotatable bonds is 9. The Balaban J connectivity index is 1.55. The largest absolute Gasteiger partial charge is 0.383 e. The van der Waals surface area contributed by atoms with Gasteiger partial charge in [-0.1, -0.05) is 43.7 Å². The summed E-state index contributed by atoms with van der Waals surface area (Å²) in [6.07, 6.45) is 1.81. The summed E-state index contributed by atoms with van der Waals surface area (Å²) in [4.78, 5) is 15.5. The van der Waals surface area contributed by atoms with Gasteiger partial charge >= 0.3 is 6.03 Å². The molecule has 0 unspecified atom stereocenters. The molecule has 8 heteroatoms. The Hall–Kier alpha value is -3.23. The summed E-state index contributed by atoms with van der Waals surface area (Å²) in [5, 5.41) is 11.0. The minimum atomic E-state index is -0.279. The second-order valence-electron chi connectivity index (χ2n) is 9.03. The summed E-state index contributed by atoms with van der Waals surface area (Å²) >= 11 is 0. The van der Waals surface area contributed by atoms with Gasteiger partial charge in [-0.3, -0.25) is 10.2 Å². The molecule has 0 radical (unpaired) electrons. The maximum Gasteiger partial charge on any atom is 0.320 e. The Morgan fingerprint density at radius 2 is 1.89 bits per heavy atom. The fourth-order valence-electron chi connectivity index (χ4n) is 4.71. The van der Waals surface area contributed by atoms with Crippen molar-refractivity contribution in [3.05, 3.63) is 77.2 Å². The quantitative estimate of drug-likeness (QED) is 0.474. The number of para-hydroxylation sites is 1. The second kappa shape index (κ2) is 11.5. The van der Waals surface area contributed by atoms with Gasteiger partial charge in [-0.25, -0.2) is 13.9 Å². The van der Waals surface area contributed by atoms with E-state index in [2.05, 4.69) is 22.5 Å². The van der Waals surface area contributed by atoms with Crippen LogP contribution in [0.3, 0.4) is 0 Å². The molecule has 2 atom stereocenters. The van der Waals surface area contributed by atoms with Gasteiger partial charge in [0, 0.05) is 38.2 Å². The molecule has 0 aliphatic carbocycles. The van der Waals surface area contributed by atoms with E-state index in [1.54, 1.807) is 23.9 Å². The van der Waals surface area contributed by atoms with Crippen LogP contribution in [0.15, 0.2) is 54.6 Å². The SMILES string of the molecule is CCCc1nn(-c2ccccc2)c(NC(=O)N[C@@H]2CN(CCOC)C[C@H]2c2ccc(F)cc2)c1C. The maximum atomic E-state index is 13.5. The number of likely N-dealkylation sites (tertiary alicyclic amines) is 1. The Labute approximate surface area is 206 Å². The first-order valence-electron chi connectivity index (χ1n) is 12.2. The third-order valence-electron chi connectivity index (χ3n) is 6.56. The number of methoxy groups -OCH3 is 1. The van der Waals surface area contributed by atoms with Crippen LogP contribution in [0.2, 0.25) is 0 Å². The summed E-state index contributed by atoms with van der Waals surface area (Å²) in [5.74, 6) is 0.455. The lowest BCUT2D eigenvalue weighted by atomic mass is 9.94. The molecule has 186 valence electrons. The van der Waals surface area contributed by atoms with E-state index < -0.39 is 0 Å². The lowest BCUT2D eigenvalue weighted by Crippen LogP contribution is -2.42. The predicted octanol–water partition coefficient (Wildman–Crippen LogP) is 4.51. The summed E-state index contributed by atoms with van der Waals surface area (Å²) < 4.78 is 20.6. The minimum absolute atomic E-state index is 0.0500. The van der Waals surface area contributed by atoms with E-state index in [9.17, 15) is 9.18 Å². The normalized spacial score (nSPS) is 18.1. The van der Waals surface area contributed by atoms with Crippen LogP contribution in [-0.4, -0.2) is 60.1 Å². The van der Waals surface area contributed by atoms with Crippen molar-refractivity contribution in [2.45, 2.75) is 38.6 Å². The second-order valence-corrected chi connectivity index (χ2v) is 9.03. The Bertz CT molecular complexity index is 1120. The van der Waals surface area contributed by atoms with Gasteiger partial charge in [0.2, 0.25) is 0 Å². The first-order valence-corrected chi connectivity index (χ1v) is 12.2. The fourth-order valence-corrected chi connectivity index (χ4v) is 4.71. The van der Waals surface area contributed by atoms with E-state index in [1.807, 2.05) is 37.3 Å². The van der Waals surface area contributed by atoms with E-state index in [-0.39, 0.29) is 23.8 Å². The Morgan fingerprint density at radius 3 is 2.57 bits per heavy atom. The lowest BCUT2D eigenvalue weighted by molar-refractivity contribution is 0.159.